The lowest BCUT2D eigenvalue weighted by Crippen LogP contribution is -2.39. The number of carbonyl (C=O) groups excluding carboxylic acids is 1. The van der Waals surface area contributed by atoms with E-state index in [0.717, 1.165) is 24.2 Å². The highest BCUT2D eigenvalue weighted by molar-refractivity contribution is 5.80. The Morgan fingerprint density at radius 3 is 2.96 bits per heavy atom. The maximum Gasteiger partial charge on any atom is 0.227 e. The molecule has 3 unspecified atom stereocenters. The van der Waals surface area contributed by atoms with Gasteiger partial charge < -0.3 is 9.88 Å². The van der Waals surface area contributed by atoms with E-state index in [-0.39, 0.29) is 29.7 Å². The van der Waals surface area contributed by atoms with Crippen LogP contribution in [0.4, 0.5) is 4.39 Å². The van der Waals surface area contributed by atoms with Crippen molar-refractivity contribution in [2.24, 2.45) is 18.9 Å². The molecule has 132 valence electrons. The molecule has 4 rings (SSSR count). The van der Waals surface area contributed by atoms with Crippen LogP contribution in [0.25, 0.3) is 0 Å². The quantitative estimate of drug-likeness (QED) is 0.771. The number of hydrogen-bond donors (Lipinski definition) is 3. The van der Waals surface area contributed by atoms with E-state index in [2.05, 4.69) is 21.2 Å². The highest BCUT2D eigenvalue weighted by Gasteiger charge is 2.40. The molecule has 0 spiro atoms. The normalized spacial score (nSPS) is 24.2. The van der Waals surface area contributed by atoms with Crippen LogP contribution >= 0.6 is 0 Å². The molecule has 0 radical (unpaired) electrons. The molecule has 6 nitrogen and oxygen atoms in total. The van der Waals surface area contributed by atoms with Gasteiger partial charge >= 0.3 is 0 Å². The molecule has 1 aliphatic carbocycles. The molecule has 1 saturated carbocycles. The molecule has 3 atom stereocenters. The summed E-state index contributed by atoms with van der Waals surface area (Å²) in [4.78, 5) is 17.4. The zero-order chi connectivity index (χ0) is 17.4. The lowest BCUT2D eigenvalue weighted by Gasteiger charge is -2.23. The van der Waals surface area contributed by atoms with Crippen molar-refractivity contribution in [3.8, 4) is 0 Å². The number of halogens is 1. The summed E-state index contributed by atoms with van der Waals surface area (Å²) in [6, 6.07) is 6.07. The molecule has 1 aromatic heterocycles. The Kier molecular flexibility index (Phi) is 4.27. The first-order chi connectivity index (χ1) is 12.1. The second-order valence-corrected chi connectivity index (χ2v) is 6.88. The van der Waals surface area contributed by atoms with Crippen LogP contribution in [0.3, 0.4) is 0 Å². The monoisotopic (exact) mass is 343 g/mol. The molecule has 1 aromatic carbocycles. The molecule has 3 N–H and O–H groups in total. The fourth-order valence-electron chi connectivity index (χ4n) is 3.52. The summed E-state index contributed by atoms with van der Waals surface area (Å²) in [5.74, 6) is 0.696. The molecular weight excluding hydrogens is 321 g/mol. The number of benzene rings is 1. The molecule has 1 aliphatic heterocycles. The first-order valence-electron chi connectivity index (χ1n) is 8.65. The van der Waals surface area contributed by atoms with E-state index in [0.29, 0.717) is 12.5 Å². The number of rotatable bonds is 5. The topological polar surface area (TPSA) is 71.0 Å². The van der Waals surface area contributed by atoms with Crippen molar-refractivity contribution < 1.29 is 9.18 Å². The fraction of sp³-hybridized carbons (Fsp3) is 0.444. The minimum absolute atomic E-state index is 0.0355. The standard InChI is InChI=1S/C18H22FN5O/c1-24-8-7-20-17(24)16(11-5-6-11)22-18(25)14-10-21-23-15(14)12-3-2-4-13(19)9-12/h2-4,7-9,11,14-16,21,23H,5-6,10H2,1H3,(H,22,25). The summed E-state index contributed by atoms with van der Waals surface area (Å²) in [5.41, 5.74) is 6.90. The first-order valence-corrected chi connectivity index (χ1v) is 8.65. The molecule has 2 fully saturated rings. The lowest BCUT2D eigenvalue weighted by atomic mass is 9.93. The second-order valence-electron chi connectivity index (χ2n) is 6.88. The van der Waals surface area contributed by atoms with Gasteiger partial charge in [-0.1, -0.05) is 12.1 Å². The van der Waals surface area contributed by atoms with E-state index >= 15 is 0 Å². The average Bonchev–Trinajstić information content (AvgIpc) is 3.15. The lowest BCUT2D eigenvalue weighted by molar-refractivity contribution is -0.126. The number of nitrogens with zero attached hydrogens (tertiary/aromatic N) is 2. The predicted octanol–water partition coefficient (Wildman–Crippen LogP) is 1.59. The number of carbonyl (C=O) groups is 1. The summed E-state index contributed by atoms with van der Waals surface area (Å²) in [5, 5.41) is 3.18. The van der Waals surface area contributed by atoms with Gasteiger partial charge in [0.1, 0.15) is 11.6 Å². The van der Waals surface area contributed by atoms with Gasteiger partial charge in [-0.2, -0.15) is 0 Å². The number of hydrogen-bond acceptors (Lipinski definition) is 4. The summed E-state index contributed by atoms with van der Waals surface area (Å²) in [6.45, 7) is 0.505. The van der Waals surface area contributed by atoms with Crippen LogP contribution in [-0.2, 0) is 11.8 Å². The van der Waals surface area contributed by atoms with Crippen LogP contribution in [0, 0.1) is 17.7 Å². The van der Waals surface area contributed by atoms with Crippen molar-refractivity contribution in [3.63, 3.8) is 0 Å². The van der Waals surface area contributed by atoms with Crippen molar-refractivity contribution in [3.05, 3.63) is 53.9 Å². The average molecular weight is 343 g/mol. The van der Waals surface area contributed by atoms with Crippen LogP contribution in [0.15, 0.2) is 36.7 Å². The zero-order valence-corrected chi connectivity index (χ0v) is 14.1. The third-order valence-electron chi connectivity index (χ3n) is 5.05. The number of imidazole rings is 1. The third-order valence-corrected chi connectivity index (χ3v) is 5.05. The van der Waals surface area contributed by atoms with Crippen molar-refractivity contribution in [1.29, 1.82) is 0 Å². The van der Waals surface area contributed by atoms with Crippen LogP contribution in [0.5, 0.6) is 0 Å². The van der Waals surface area contributed by atoms with Gasteiger partial charge in [0, 0.05) is 26.0 Å². The van der Waals surface area contributed by atoms with E-state index in [9.17, 15) is 9.18 Å². The largest absolute Gasteiger partial charge is 0.346 e. The van der Waals surface area contributed by atoms with E-state index in [1.165, 1.54) is 12.1 Å². The number of aryl methyl sites for hydroxylation is 1. The van der Waals surface area contributed by atoms with Gasteiger partial charge in [0.2, 0.25) is 5.91 Å². The van der Waals surface area contributed by atoms with Gasteiger partial charge in [0.25, 0.3) is 0 Å². The van der Waals surface area contributed by atoms with Crippen LogP contribution in [0.2, 0.25) is 0 Å². The Labute approximate surface area is 145 Å². The fourth-order valence-corrected chi connectivity index (χ4v) is 3.52. The van der Waals surface area contributed by atoms with E-state index in [1.54, 1.807) is 12.3 Å². The van der Waals surface area contributed by atoms with Gasteiger partial charge in [0.15, 0.2) is 0 Å². The maximum atomic E-state index is 13.5. The van der Waals surface area contributed by atoms with E-state index in [1.807, 2.05) is 23.9 Å². The molecule has 7 heteroatoms. The minimum Gasteiger partial charge on any atom is -0.346 e. The Morgan fingerprint density at radius 1 is 1.44 bits per heavy atom. The van der Waals surface area contributed by atoms with Gasteiger partial charge in [-0.3, -0.25) is 10.2 Å². The van der Waals surface area contributed by atoms with Crippen molar-refractivity contribution in [2.45, 2.75) is 24.9 Å². The van der Waals surface area contributed by atoms with Crippen molar-refractivity contribution in [1.82, 2.24) is 25.7 Å². The SMILES string of the molecule is Cn1ccnc1C(NC(=O)C1CNNC1c1cccc(F)c1)C1CC1. The Bertz CT molecular complexity index is 772. The number of nitrogens with one attached hydrogen (secondary N) is 3. The molecule has 2 aliphatic rings. The van der Waals surface area contributed by atoms with Crippen LogP contribution in [0.1, 0.15) is 36.3 Å². The van der Waals surface area contributed by atoms with Crippen molar-refractivity contribution in [2.75, 3.05) is 6.54 Å². The number of aromatic nitrogens is 2. The second kappa shape index (κ2) is 6.57. The summed E-state index contributed by atoms with van der Waals surface area (Å²) in [6.07, 6.45) is 5.86. The van der Waals surface area contributed by atoms with Gasteiger partial charge in [-0.15, -0.1) is 0 Å². The highest BCUT2D eigenvalue weighted by Crippen LogP contribution is 2.40. The Morgan fingerprint density at radius 2 is 2.28 bits per heavy atom. The molecule has 25 heavy (non-hydrogen) atoms. The highest BCUT2D eigenvalue weighted by atomic mass is 19.1. The maximum absolute atomic E-state index is 13.5. The van der Waals surface area contributed by atoms with Gasteiger partial charge in [-0.05, 0) is 36.5 Å². The van der Waals surface area contributed by atoms with Gasteiger partial charge in [0.05, 0.1) is 18.0 Å². The molecule has 1 saturated heterocycles. The van der Waals surface area contributed by atoms with Gasteiger partial charge in [-0.25, -0.2) is 14.8 Å². The predicted molar refractivity (Wildman–Crippen MR) is 90.6 cm³/mol. The summed E-state index contributed by atoms with van der Waals surface area (Å²) < 4.78 is 15.5. The number of amides is 1. The first kappa shape index (κ1) is 16.2. The Hall–Kier alpha value is -2.25. The van der Waals surface area contributed by atoms with E-state index < -0.39 is 0 Å². The summed E-state index contributed by atoms with van der Waals surface area (Å²) in [7, 11) is 1.94. The third kappa shape index (κ3) is 3.29. The zero-order valence-electron chi connectivity index (χ0n) is 14.1. The van der Waals surface area contributed by atoms with E-state index in [4.69, 9.17) is 0 Å². The minimum atomic E-state index is -0.302. The molecule has 1 amide bonds. The smallest absolute Gasteiger partial charge is 0.227 e. The Balaban J connectivity index is 1.52. The van der Waals surface area contributed by atoms with Crippen LogP contribution < -0.4 is 16.2 Å². The van der Waals surface area contributed by atoms with Crippen LogP contribution in [-0.4, -0.2) is 22.0 Å². The molecule has 2 aromatic rings. The molecular formula is C18H22FN5O. The number of hydrazine groups is 1. The molecule has 2 heterocycles. The summed E-state index contributed by atoms with van der Waals surface area (Å²) >= 11 is 0. The van der Waals surface area contributed by atoms with Crippen molar-refractivity contribution >= 4 is 5.91 Å². The molecule has 0 bridgehead atoms.